The molecule has 1 aliphatic carbocycles. The normalized spacial score (nSPS) is 15.1. The number of rotatable bonds is 16. The maximum absolute atomic E-state index is 12.4. The molecule has 1 unspecified atom stereocenters. The molecule has 0 fully saturated rings. The molecule has 0 aromatic heterocycles. The zero-order chi connectivity index (χ0) is 30.8. The fourth-order valence-corrected chi connectivity index (χ4v) is 6.85. The highest BCUT2D eigenvalue weighted by Crippen LogP contribution is 2.40. The Hall–Kier alpha value is -2.36. The Morgan fingerprint density at radius 1 is 0.881 bits per heavy atom. The molecule has 3 rings (SSSR count). The van der Waals surface area contributed by atoms with Crippen molar-refractivity contribution in [2.45, 2.75) is 89.8 Å². The molecule has 2 aromatic rings. The van der Waals surface area contributed by atoms with E-state index in [2.05, 4.69) is 4.90 Å². The van der Waals surface area contributed by atoms with Crippen molar-refractivity contribution in [3.63, 3.8) is 0 Å². The van der Waals surface area contributed by atoms with Gasteiger partial charge >= 0.3 is 6.18 Å². The molecule has 3 N–H and O–H groups in total. The van der Waals surface area contributed by atoms with Gasteiger partial charge in [-0.2, -0.15) is 13.2 Å². The van der Waals surface area contributed by atoms with Gasteiger partial charge in [0.1, 0.15) is 11.5 Å². The number of hydrogen-bond donors (Lipinski definition) is 3. The van der Waals surface area contributed by atoms with Crippen LogP contribution in [0, 0.1) is 0 Å². The van der Waals surface area contributed by atoms with Crippen LogP contribution < -0.4 is 0 Å². The van der Waals surface area contributed by atoms with Crippen LogP contribution in [0.5, 0.6) is 11.5 Å². The highest BCUT2D eigenvalue weighted by molar-refractivity contribution is 7.84. The van der Waals surface area contributed by atoms with Gasteiger partial charge in [0.15, 0.2) is 0 Å². The van der Waals surface area contributed by atoms with Crippen LogP contribution in [0.4, 0.5) is 13.2 Å². The Labute approximate surface area is 250 Å². The predicted molar refractivity (Wildman–Crippen MR) is 165 cm³/mol. The Balaban J connectivity index is 1.55. The SMILES string of the molecule is CC(C)(O)CN(CCCCCCC1=C(c2cccc(O)c2)CCCc2cc(O)ccc21)CCCS(=O)CCC(F)(F)F. The first-order valence-electron chi connectivity index (χ1n) is 15.0. The number of nitrogens with zero attached hydrogens (tertiary/aromatic N) is 1. The van der Waals surface area contributed by atoms with Gasteiger partial charge in [-0.25, -0.2) is 0 Å². The maximum Gasteiger partial charge on any atom is 0.390 e. The fourth-order valence-electron chi connectivity index (χ4n) is 5.74. The van der Waals surface area contributed by atoms with Gasteiger partial charge in [0.05, 0.1) is 12.0 Å². The number of halogens is 3. The molecule has 9 heteroatoms. The highest BCUT2D eigenvalue weighted by atomic mass is 32.2. The van der Waals surface area contributed by atoms with E-state index in [4.69, 9.17) is 0 Å². The van der Waals surface area contributed by atoms with Gasteiger partial charge in [-0.3, -0.25) is 4.21 Å². The molecule has 2 aromatic carbocycles. The number of phenolic OH excluding ortho intramolecular Hbond substituents is 2. The van der Waals surface area contributed by atoms with Crippen LogP contribution in [0.2, 0.25) is 0 Å². The summed E-state index contributed by atoms with van der Waals surface area (Å²) in [5.41, 5.74) is 4.99. The van der Waals surface area contributed by atoms with Crippen LogP contribution >= 0.6 is 0 Å². The number of alkyl halides is 3. The van der Waals surface area contributed by atoms with Crippen LogP contribution in [-0.4, -0.2) is 67.3 Å². The number of unbranched alkanes of at least 4 members (excludes halogenated alkanes) is 3. The number of aliphatic hydroxyl groups is 1. The second-order valence-electron chi connectivity index (χ2n) is 12.0. The molecule has 0 spiro atoms. The molecule has 234 valence electrons. The zero-order valence-electron chi connectivity index (χ0n) is 24.9. The van der Waals surface area contributed by atoms with Gasteiger partial charge in [-0.1, -0.05) is 31.0 Å². The summed E-state index contributed by atoms with van der Waals surface area (Å²) in [6, 6.07) is 13.0. The number of phenols is 2. The number of aromatic hydroxyl groups is 2. The first-order valence-corrected chi connectivity index (χ1v) is 16.5. The minimum Gasteiger partial charge on any atom is -0.508 e. The minimum atomic E-state index is -4.28. The summed E-state index contributed by atoms with van der Waals surface area (Å²) in [5.74, 6) is 0.396. The third-order valence-corrected chi connectivity index (χ3v) is 8.97. The van der Waals surface area contributed by atoms with E-state index in [-0.39, 0.29) is 23.0 Å². The molecule has 0 radical (unpaired) electrons. The van der Waals surface area contributed by atoms with Crippen molar-refractivity contribution in [1.29, 1.82) is 0 Å². The fraction of sp³-hybridized carbons (Fsp3) is 0.576. The molecule has 0 bridgehead atoms. The van der Waals surface area contributed by atoms with E-state index in [9.17, 15) is 32.7 Å². The molecular formula is C33H46F3NO4S. The van der Waals surface area contributed by atoms with Crippen molar-refractivity contribution in [3.05, 3.63) is 59.2 Å². The maximum atomic E-state index is 12.4. The Kier molecular flexibility index (Phi) is 12.9. The second kappa shape index (κ2) is 15.9. The Bertz CT molecular complexity index is 1210. The Morgan fingerprint density at radius 3 is 2.31 bits per heavy atom. The van der Waals surface area contributed by atoms with E-state index in [1.165, 1.54) is 16.7 Å². The van der Waals surface area contributed by atoms with Crippen LogP contribution in [0.3, 0.4) is 0 Å². The number of aryl methyl sites for hydroxylation is 1. The van der Waals surface area contributed by atoms with Crippen molar-refractivity contribution < 1.29 is 32.7 Å². The van der Waals surface area contributed by atoms with Crippen molar-refractivity contribution in [2.75, 3.05) is 31.1 Å². The van der Waals surface area contributed by atoms with Gasteiger partial charge in [0.25, 0.3) is 0 Å². The molecule has 5 nitrogen and oxygen atoms in total. The summed E-state index contributed by atoms with van der Waals surface area (Å²) in [4.78, 5) is 2.12. The second-order valence-corrected chi connectivity index (χ2v) is 13.7. The molecule has 42 heavy (non-hydrogen) atoms. The summed E-state index contributed by atoms with van der Waals surface area (Å²) in [5, 5.41) is 30.6. The largest absolute Gasteiger partial charge is 0.508 e. The average molecular weight is 610 g/mol. The molecule has 0 saturated heterocycles. The quantitative estimate of drug-likeness (QED) is 0.172. The smallest absolute Gasteiger partial charge is 0.390 e. The zero-order valence-corrected chi connectivity index (χ0v) is 25.7. The number of hydrogen-bond acceptors (Lipinski definition) is 5. The van der Waals surface area contributed by atoms with Gasteiger partial charge < -0.3 is 20.2 Å². The molecule has 0 aliphatic heterocycles. The van der Waals surface area contributed by atoms with Crippen molar-refractivity contribution >= 4 is 21.9 Å². The summed E-state index contributed by atoms with van der Waals surface area (Å²) >= 11 is 0. The molecule has 0 amide bonds. The van der Waals surface area contributed by atoms with E-state index in [1.807, 2.05) is 30.3 Å². The van der Waals surface area contributed by atoms with Gasteiger partial charge in [-0.05, 0) is 124 Å². The monoisotopic (exact) mass is 609 g/mol. The van der Waals surface area contributed by atoms with Gasteiger partial charge in [0.2, 0.25) is 0 Å². The summed E-state index contributed by atoms with van der Waals surface area (Å²) in [6.07, 6.45) is 2.81. The van der Waals surface area contributed by atoms with E-state index in [0.29, 0.717) is 19.5 Å². The van der Waals surface area contributed by atoms with Crippen molar-refractivity contribution in [1.82, 2.24) is 4.90 Å². The third kappa shape index (κ3) is 12.1. The molecule has 0 saturated carbocycles. The van der Waals surface area contributed by atoms with Gasteiger partial charge in [-0.15, -0.1) is 0 Å². The first-order chi connectivity index (χ1) is 19.8. The summed E-state index contributed by atoms with van der Waals surface area (Å²) < 4.78 is 49.2. The number of benzene rings is 2. The van der Waals surface area contributed by atoms with E-state index >= 15 is 0 Å². The lowest BCUT2D eigenvalue weighted by Gasteiger charge is -2.29. The highest BCUT2D eigenvalue weighted by Gasteiger charge is 2.27. The predicted octanol–water partition coefficient (Wildman–Crippen LogP) is 7.46. The van der Waals surface area contributed by atoms with Crippen LogP contribution in [0.1, 0.15) is 88.3 Å². The lowest BCUT2D eigenvalue weighted by Crippen LogP contribution is -2.40. The van der Waals surface area contributed by atoms with Crippen molar-refractivity contribution in [2.24, 2.45) is 0 Å². The van der Waals surface area contributed by atoms with Gasteiger partial charge in [0, 0.05) is 28.9 Å². The molecule has 1 aliphatic rings. The van der Waals surface area contributed by atoms with E-state index in [1.54, 1.807) is 26.0 Å². The standard InChI is InChI=1S/C33H46F3NO4S/c1-32(2,40)24-37(19-9-20-42(41)21-17-33(34,35)36)18-6-4-3-5-13-31-29(25-10-7-12-27(38)22-25)14-8-11-26-23-28(39)15-16-30(26)31/h7,10,12,15-16,22-23,38-40H,3-6,8-9,11,13-14,17-21,24H2,1-2H3. The molecule has 1 atom stereocenters. The topological polar surface area (TPSA) is 81.0 Å². The molecule has 0 heterocycles. The number of allylic oxidation sites excluding steroid dienone is 2. The summed E-state index contributed by atoms with van der Waals surface area (Å²) in [7, 11) is -1.50. The van der Waals surface area contributed by atoms with Crippen LogP contribution in [0.15, 0.2) is 42.5 Å². The molecular weight excluding hydrogens is 563 g/mol. The Morgan fingerprint density at radius 2 is 1.60 bits per heavy atom. The lowest BCUT2D eigenvalue weighted by molar-refractivity contribution is -0.129. The third-order valence-electron chi connectivity index (χ3n) is 7.57. The summed E-state index contributed by atoms with van der Waals surface area (Å²) in [6.45, 7) is 5.28. The van der Waals surface area contributed by atoms with E-state index < -0.39 is 29.0 Å². The van der Waals surface area contributed by atoms with Crippen LogP contribution in [-0.2, 0) is 17.2 Å². The minimum absolute atomic E-state index is 0.230. The lowest BCUT2D eigenvalue weighted by atomic mass is 9.89. The van der Waals surface area contributed by atoms with E-state index in [0.717, 1.165) is 69.0 Å². The average Bonchev–Trinajstić information content (AvgIpc) is 3.07. The first kappa shape index (κ1) is 34.1. The van der Waals surface area contributed by atoms with Crippen molar-refractivity contribution in [3.8, 4) is 11.5 Å². The van der Waals surface area contributed by atoms with Crippen LogP contribution in [0.25, 0.3) is 11.1 Å². The number of fused-ring (bicyclic) bond motifs is 1.